The fourth-order valence-electron chi connectivity index (χ4n) is 1.31. The highest BCUT2D eigenvalue weighted by Crippen LogP contribution is 1.99. The minimum atomic E-state index is -0.522. The van der Waals surface area contributed by atoms with E-state index < -0.39 is 6.09 Å². The van der Waals surface area contributed by atoms with E-state index in [-0.39, 0.29) is 6.61 Å². The molecule has 1 aliphatic carbocycles. The smallest absolute Gasteiger partial charge is 0.408 e. The van der Waals surface area contributed by atoms with Gasteiger partial charge >= 0.3 is 6.09 Å². The lowest BCUT2D eigenvalue weighted by molar-refractivity contribution is 0.161. The van der Waals surface area contributed by atoms with Crippen molar-refractivity contribution in [3.8, 4) is 12.3 Å². The van der Waals surface area contributed by atoms with Crippen LogP contribution in [0.4, 0.5) is 4.79 Å². The molecule has 0 radical (unpaired) electrons. The number of carbonyl (C=O) groups excluding carboxylic acids is 1. The van der Waals surface area contributed by atoms with Crippen molar-refractivity contribution in [3.05, 3.63) is 72.4 Å². The first-order valence-corrected chi connectivity index (χ1v) is 6.21. The first-order valence-electron chi connectivity index (χ1n) is 6.21. The quantitative estimate of drug-likeness (QED) is 0.798. The zero-order valence-electron chi connectivity index (χ0n) is 11.2. The lowest BCUT2D eigenvalue weighted by atomic mass is 10.2. The second-order valence-electron chi connectivity index (χ2n) is 3.77. The SMILES string of the molecule is C#CCOC(=O)NCC1=C\C=C/C=C\C=C/C=C\C=C1. The van der Waals surface area contributed by atoms with Gasteiger partial charge in [-0.1, -0.05) is 72.8 Å². The fraction of sp³-hybridized carbons (Fsp3) is 0.118. The molecule has 1 amide bonds. The van der Waals surface area contributed by atoms with Gasteiger partial charge in [-0.15, -0.1) is 6.42 Å². The summed E-state index contributed by atoms with van der Waals surface area (Å²) in [7, 11) is 0. The molecule has 0 saturated heterocycles. The Bertz CT molecular complexity index is 526. The summed E-state index contributed by atoms with van der Waals surface area (Å²) in [4.78, 5) is 11.3. The number of allylic oxidation sites excluding steroid dienone is 10. The number of carbonyl (C=O) groups is 1. The minimum absolute atomic E-state index is 0.0273. The topological polar surface area (TPSA) is 38.3 Å². The van der Waals surface area contributed by atoms with Gasteiger partial charge in [0.15, 0.2) is 6.61 Å². The summed E-state index contributed by atoms with van der Waals surface area (Å²) in [6, 6.07) is 0. The van der Waals surface area contributed by atoms with E-state index in [2.05, 4.69) is 11.2 Å². The van der Waals surface area contributed by atoms with Crippen LogP contribution in [-0.4, -0.2) is 19.2 Å². The molecule has 0 fully saturated rings. The zero-order chi connectivity index (χ0) is 14.5. The van der Waals surface area contributed by atoms with E-state index in [4.69, 9.17) is 11.2 Å². The molecule has 1 N–H and O–H groups in total. The van der Waals surface area contributed by atoms with Crippen molar-refractivity contribution in [1.82, 2.24) is 5.32 Å². The Morgan fingerprint density at radius 3 is 2.30 bits per heavy atom. The number of ether oxygens (including phenoxy) is 1. The van der Waals surface area contributed by atoms with Crippen LogP contribution >= 0.6 is 0 Å². The molecule has 0 aromatic heterocycles. The summed E-state index contributed by atoms with van der Waals surface area (Å²) in [6.45, 7) is 0.345. The Labute approximate surface area is 119 Å². The van der Waals surface area contributed by atoms with E-state index in [1.807, 2.05) is 66.8 Å². The molecule has 0 unspecified atom stereocenters. The molecule has 0 heterocycles. The van der Waals surface area contributed by atoms with Crippen molar-refractivity contribution < 1.29 is 9.53 Å². The van der Waals surface area contributed by atoms with Crippen LogP contribution in [0, 0.1) is 12.3 Å². The molecule has 0 aliphatic heterocycles. The van der Waals surface area contributed by atoms with Crippen LogP contribution in [0.25, 0.3) is 0 Å². The van der Waals surface area contributed by atoms with Crippen LogP contribution in [0.1, 0.15) is 0 Å². The first-order chi connectivity index (χ1) is 9.83. The third kappa shape index (κ3) is 7.57. The van der Waals surface area contributed by atoms with Gasteiger partial charge < -0.3 is 10.1 Å². The number of rotatable bonds is 3. The maximum atomic E-state index is 11.3. The van der Waals surface area contributed by atoms with Gasteiger partial charge in [-0.05, 0) is 5.57 Å². The molecule has 1 aliphatic rings. The van der Waals surface area contributed by atoms with Crippen LogP contribution in [0.2, 0.25) is 0 Å². The van der Waals surface area contributed by atoms with E-state index in [9.17, 15) is 4.79 Å². The predicted octanol–water partition coefficient (Wildman–Crippen LogP) is 3.07. The van der Waals surface area contributed by atoms with Crippen LogP contribution in [0.5, 0.6) is 0 Å². The van der Waals surface area contributed by atoms with Crippen molar-refractivity contribution >= 4 is 6.09 Å². The lowest BCUT2D eigenvalue weighted by Gasteiger charge is -2.05. The van der Waals surface area contributed by atoms with Crippen LogP contribution in [0.3, 0.4) is 0 Å². The molecule has 0 spiro atoms. The minimum Gasteiger partial charge on any atom is -0.436 e. The molecule has 1 rings (SSSR count). The van der Waals surface area contributed by atoms with Crippen molar-refractivity contribution in [3.63, 3.8) is 0 Å². The van der Waals surface area contributed by atoms with Gasteiger partial charge in [0.1, 0.15) is 0 Å². The van der Waals surface area contributed by atoms with Crippen molar-refractivity contribution in [1.29, 1.82) is 0 Å². The van der Waals surface area contributed by atoms with Gasteiger partial charge in [0.05, 0.1) is 0 Å². The van der Waals surface area contributed by atoms with Crippen molar-refractivity contribution in [2.24, 2.45) is 0 Å². The van der Waals surface area contributed by atoms with Gasteiger partial charge in [-0.25, -0.2) is 4.79 Å². The Morgan fingerprint density at radius 1 is 1.05 bits per heavy atom. The van der Waals surface area contributed by atoms with Gasteiger partial charge in [0.2, 0.25) is 0 Å². The average molecular weight is 267 g/mol. The van der Waals surface area contributed by atoms with E-state index >= 15 is 0 Å². The van der Waals surface area contributed by atoms with Crippen molar-refractivity contribution in [2.45, 2.75) is 0 Å². The average Bonchev–Trinajstić information content (AvgIpc) is 2.44. The Hall–Kier alpha value is -2.73. The molecule has 0 aromatic rings. The molecule has 0 atom stereocenters. The largest absolute Gasteiger partial charge is 0.436 e. The van der Waals surface area contributed by atoms with Gasteiger partial charge in [-0.3, -0.25) is 0 Å². The molecule has 3 heteroatoms. The van der Waals surface area contributed by atoms with E-state index in [0.29, 0.717) is 6.54 Å². The molecule has 0 saturated carbocycles. The Balaban J connectivity index is 2.60. The van der Waals surface area contributed by atoms with E-state index in [1.165, 1.54) is 0 Å². The third-order valence-corrected chi connectivity index (χ3v) is 2.23. The molecule has 102 valence electrons. The van der Waals surface area contributed by atoms with Crippen LogP contribution in [0.15, 0.2) is 72.4 Å². The molecular weight excluding hydrogens is 250 g/mol. The van der Waals surface area contributed by atoms with Gasteiger partial charge in [0, 0.05) is 6.54 Å². The highest BCUT2D eigenvalue weighted by Gasteiger charge is 2.00. The number of nitrogens with one attached hydrogen (secondary N) is 1. The second-order valence-corrected chi connectivity index (χ2v) is 3.77. The summed E-state index contributed by atoms with van der Waals surface area (Å²) in [6.07, 6.45) is 25.7. The maximum absolute atomic E-state index is 11.3. The van der Waals surface area contributed by atoms with E-state index in [0.717, 1.165) is 5.57 Å². The Kier molecular flexibility index (Phi) is 7.83. The maximum Gasteiger partial charge on any atom is 0.408 e. The molecule has 0 bridgehead atoms. The molecular formula is C17H17NO2. The number of amides is 1. The van der Waals surface area contributed by atoms with Crippen molar-refractivity contribution in [2.75, 3.05) is 13.2 Å². The number of hydrogen-bond acceptors (Lipinski definition) is 2. The number of hydrogen-bond donors (Lipinski definition) is 1. The summed E-state index contributed by atoms with van der Waals surface area (Å²) in [5, 5.41) is 2.63. The summed E-state index contributed by atoms with van der Waals surface area (Å²) in [5.41, 5.74) is 0.946. The number of alkyl carbamates (subject to hydrolysis) is 1. The number of terminal acetylenes is 1. The summed E-state index contributed by atoms with van der Waals surface area (Å²) in [5.74, 6) is 2.24. The second kappa shape index (κ2) is 10.2. The zero-order valence-corrected chi connectivity index (χ0v) is 11.2. The predicted molar refractivity (Wildman–Crippen MR) is 82.0 cm³/mol. The third-order valence-electron chi connectivity index (χ3n) is 2.23. The lowest BCUT2D eigenvalue weighted by Crippen LogP contribution is -2.26. The van der Waals surface area contributed by atoms with Gasteiger partial charge in [-0.2, -0.15) is 0 Å². The van der Waals surface area contributed by atoms with Gasteiger partial charge in [0.25, 0.3) is 0 Å². The van der Waals surface area contributed by atoms with E-state index in [1.54, 1.807) is 0 Å². The first kappa shape index (κ1) is 15.3. The van der Waals surface area contributed by atoms with Crippen LogP contribution in [-0.2, 0) is 4.74 Å². The Morgan fingerprint density at radius 2 is 1.65 bits per heavy atom. The highest BCUT2D eigenvalue weighted by atomic mass is 16.5. The highest BCUT2D eigenvalue weighted by molar-refractivity contribution is 5.67. The molecule has 3 nitrogen and oxygen atoms in total. The summed E-state index contributed by atoms with van der Waals surface area (Å²) < 4.78 is 4.73. The summed E-state index contributed by atoms with van der Waals surface area (Å²) >= 11 is 0. The molecule has 20 heavy (non-hydrogen) atoms. The normalized spacial score (nSPS) is 20.2. The van der Waals surface area contributed by atoms with Crippen LogP contribution < -0.4 is 5.32 Å². The molecule has 0 aromatic carbocycles. The standard InChI is InChI=1S/C17H17NO2/c1-2-14-20-17(19)18-15-16-12-10-8-6-4-3-5-7-9-11-13-16/h1,3-13H,14-15H2,(H,18,19)/b4-3-,5-3?,6-4?,7-5-,8-6-,9-7?,10-8?,11-9-,12-10?,13-11?,16-12?,16-13?. The fourth-order valence-corrected chi connectivity index (χ4v) is 1.31. The monoisotopic (exact) mass is 267 g/mol.